The molecule has 9 heteroatoms. The zero-order chi connectivity index (χ0) is 22.1. The number of piperazine rings is 1. The number of aliphatic imine (C=N–C) groups is 1. The molecule has 2 unspecified atom stereocenters. The Kier molecular flexibility index (Phi) is 12.2. The lowest BCUT2D eigenvalue weighted by Gasteiger charge is -2.35. The zero-order valence-corrected chi connectivity index (χ0v) is 21.3. The van der Waals surface area contributed by atoms with Crippen LogP contribution in [-0.2, 0) is 6.18 Å². The molecular weight excluding hydrogens is 518 g/mol. The number of hydrogen-bond acceptors (Lipinski definition) is 3. The van der Waals surface area contributed by atoms with E-state index < -0.39 is 11.7 Å². The topological polar surface area (TPSA) is 42.9 Å². The summed E-state index contributed by atoms with van der Waals surface area (Å²) in [5, 5.41) is 6.58. The van der Waals surface area contributed by atoms with Crippen molar-refractivity contribution in [3.05, 3.63) is 35.4 Å². The number of halogens is 4. The molecule has 2 atom stereocenters. The maximum absolute atomic E-state index is 12.9. The molecule has 178 valence electrons. The summed E-state index contributed by atoms with van der Waals surface area (Å²) in [7, 11) is 2.15. The Hall–Kier alpha value is -1.07. The van der Waals surface area contributed by atoms with E-state index in [1.165, 1.54) is 12.1 Å². The van der Waals surface area contributed by atoms with Gasteiger partial charge in [-0.2, -0.15) is 13.2 Å². The monoisotopic (exact) mass is 555 g/mol. The highest BCUT2D eigenvalue weighted by molar-refractivity contribution is 14.0. The minimum absolute atomic E-state index is 0. The van der Waals surface area contributed by atoms with Crippen LogP contribution < -0.4 is 10.6 Å². The fourth-order valence-corrected chi connectivity index (χ4v) is 3.54. The first kappa shape index (κ1) is 28.0. The summed E-state index contributed by atoms with van der Waals surface area (Å²) >= 11 is 0. The van der Waals surface area contributed by atoms with Gasteiger partial charge in [-0.3, -0.25) is 9.89 Å². The molecule has 0 aliphatic carbocycles. The quantitative estimate of drug-likeness (QED) is 0.289. The van der Waals surface area contributed by atoms with Gasteiger partial charge in [-0.25, -0.2) is 0 Å². The predicted molar refractivity (Wildman–Crippen MR) is 132 cm³/mol. The van der Waals surface area contributed by atoms with E-state index in [0.29, 0.717) is 24.7 Å². The molecule has 1 aliphatic rings. The molecule has 0 saturated carbocycles. The van der Waals surface area contributed by atoms with Crippen molar-refractivity contribution in [1.82, 2.24) is 20.4 Å². The number of nitrogens with zero attached hydrogens (tertiary/aromatic N) is 3. The molecule has 0 radical (unpaired) electrons. The second kappa shape index (κ2) is 13.5. The van der Waals surface area contributed by atoms with E-state index in [-0.39, 0.29) is 29.9 Å². The summed E-state index contributed by atoms with van der Waals surface area (Å²) in [6.45, 7) is 12.6. The molecule has 0 bridgehead atoms. The van der Waals surface area contributed by atoms with Crippen LogP contribution in [0.1, 0.15) is 44.2 Å². The van der Waals surface area contributed by atoms with Crippen molar-refractivity contribution in [2.45, 2.75) is 45.3 Å². The van der Waals surface area contributed by atoms with E-state index in [2.05, 4.69) is 34.4 Å². The van der Waals surface area contributed by atoms with Crippen molar-refractivity contribution in [2.24, 2.45) is 4.99 Å². The van der Waals surface area contributed by atoms with Crippen LogP contribution in [0.4, 0.5) is 13.2 Å². The molecule has 1 saturated heterocycles. The number of hydrogen-bond donors (Lipinski definition) is 2. The molecular formula is C22H37F3IN5. The van der Waals surface area contributed by atoms with Crippen molar-refractivity contribution in [1.29, 1.82) is 0 Å². The van der Waals surface area contributed by atoms with E-state index in [9.17, 15) is 13.2 Å². The van der Waals surface area contributed by atoms with Gasteiger partial charge < -0.3 is 15.5 Å². The van der Waals surface area contributed by atoms with Gasteiger partial charge in [0.25, 0.3) is 0 Å². The minimum Gasteiger partial charge on any atom is -0.357 e. The molecule has 0 spiro atoms. The fraction of sp³-hybridized carbons (Fsp3) is 0.682. The summed E-state index contributed by atoms with van der Waals surface area (Å²) in [6, 6.07) is 5.98. The Morgan fingerprint density at radius 3 is 2.42 bits per heavy atom. The lowest BCUT2D eigenvalue weighted by Crippen LogP contribution is -2.49. The van der Waals surface area contributed by atoms with E-state index in [1.54, 1.807) is 6.07 Å². The van der Waals surface area contributed by atoms with E-state index in [4.69, 9.17) is 4.99 Å². The van der Waals surface area contributed by atoms with Crippen LogP contribution in [0.15, 0.2) is 29.3 Å². The van der Waals surface area contributed by atoms with Crippen molar-refractivity contribution in [2.75, 3.05) is 52.9 Å². The fourth-order valence-electron chi connectivity index (χ4n) is 3.54. The summed E-state index contributed by atoms with van der Waals surface area (Å²) in [4.78, 5) is 9.51. The Balaban J connectivity index is 0.00000480. The van der Waals surface area contributed by atoms with Gasteiger partial charge in [0.15, 0.2) is 5.96 Å². The van der Waals surface area contributed by atoms with Crippen LogP contribution in [0.3, 0.4) is 0 Å². The first-order valence-electron chi connectivity index (χ1n) is 10.8. The first-order chi connectivity index (χ1) is 14.2. The molecule has 1 fully saturated rings. The number of nitrogens with one attached hydrogen (secondary N) is 2. The molecule has 0 amide bonds. The number of guanidine groups is 1. The van der Waals surface area contributed by atoms with Crippen molar-refractivity contribution < 1.29 is 13.2 Å². The normalized spacial score (nSPS) is 18.2. The second-order valence-corrected chi connectivity index (χ2v) is 8.15. The average Bonchev–Trinajstić information content (AvgIpc) is 2.71. The Morgan fingerprint density at radius 1 is 1.13 bits per heavy atom. The Morgan fingerprint density at radius 2 is 1.81 bits per heavy atom. The molecule has 31 heavy (non-hydrogen) atoms. The average molecular weight is 555 g/mol. The highest BCUT2D eigenvalue weighted by Crippen LogP contribution is 2.31. The van der Waals surface area contributed by atoms with Gasteiger partial charge in [-0.1, -0.05) is 25.1 Å². The van der Waals surface area contributed by atoms with Crippen molar-refractivity contribution >= 4 is 29.9 Å². The van der Waals surface area contributed by atoms with Gasteiger partial charge in [0.2, 0.25) is 0 Å². The molecule has 5 nitrogen and oxygen atoms in total. The maximum Gasteiger partial charge on any atom is 0.416 e. The number of benzene rings is 1. The largest absolute Gasteiger partial charge is 0.416 e. The van der Waals surface area contributed by atoms with Crippen molar-refractivity contribution in [3.8, 4) is 0 Å². The third-order valence-corrected chi connectivity index (χ3v) is 5.67. The van der Waals surface area contributed by atoms with Gasteiger partial charge >= 0.3 is 6.18 Å². The summed E-state index contributed by atoms with van der Waals surface area (Å²) in [6.07, 6.45) is -3.58. The van der Waals surface area contributed by atoms with Gasteiger partial charge in [-0.15, -0.1) is 24.0 Å². The summed E-state index contributed by atoms with van der Waals surface area (Å²) < 4.78 is 38.8. The Labute approximate surface area is 201 Å². The lowest BCUT2D eigenvalue weighted by molar-refractivity contribution is -0.137. The molecule has 1 aliphatic heterocycles. The SMILES string of the molecule is CCNC(=NCC(C)N1CCN(C)CC1)NCCC(C)c1cccc(C(F)(F)F)c1.I. The predicted octanol–water partition coefficient (Wildman–Crippen LogP) is 4.01. The highest BCUT2D eigenvalue weighted by Gasteiger charge is 2.30. The van der Waals surface area contributed by atoms with Gasteiger partial charge in [0, 0.05) is 45.3 Å². The number of rotatable bonds is 8. The molecule has 2 rings (SSSR count). The van der Waals surface area contributed by atoms with Crippen LogP contribution in [0, 0.1) is 0 Å². The third-order valence-electron chi connectivity index (χ3n) is 5.67. The van der Waals surface area contributed by atoms with Crippen LogP contribution in [0.5, 0.6) is 0 Å². The van der Waals surface area contributed by atoms with E-state index in [0.717, 1.165) is 51.2 Å². The van der Waals surface area contributed by atoms with Crippen LogP contribution in [0.25, 0.3) is 0 Å². The molecule has 1 heterocycles. The van der Waals surface area contributed by atoms with Crippen LogP contribution in [-0.4, -0.2) is 74.7 Å². The van der Waals surface area contributed by atoms with Gasteiger partial charge in [0.05, 0.1) is 12.1 Å². The van der Waals surface area contributed by atoms with Crippen LogP contribution in [0.2, 0.25) is 0 Å². The minimum atomic E-state index is -4.31. The van der Waals surface area contributed by atoms with Crippen LogP contribution >= 0.6 is 24.0 Å². The first-order valence-corrected chi connectivity index (χ1v) is 10.8. The summed E-state index contributed by atoms with van der Waals surface area (Å²) in [5.41, 5.74) is 0.116. The number of alkyl halides is 3. The Bertz CT molecular complexity index is 675. The second-order valence-electron chi connectivity index (χ2n) is 8.15. The molecule has 0 aromatic heterocycles. The maximum atomic E-state index is 12.9. The standard InChI is InChI=1S/C22H36F3N5.HI/c1-5-26-21(28-16-18(3)30-13-11-29(4)12-14-30)27-10-9-17(2)19-7-6-8-20(15-19)22(23,24)25;/h6-8,15,17-18H,5,9-14,16H2,1-4H3,(H2,26,27,28);1H. The lowest BCUT2D eigenvalue weighted by atomic mass is 9.96. The van der Waals surface area contributed by atoms with Gasteiger partial charge in [0.1, 0.15) is 0 Å². The number of likely N-dealkylation sites (N-methyl/N-ethyl adjacent to an activating group) is 1. The molecule has 2 N–H and O–H groups in total. The van der Waals surface area contributed by atoms with Crippen molar-refractivity contribution in [3.63, 3.8) is 0 Å². The zero-order valence-electron chi connectivity index (χ0n) is 19.0. The van der Waals surface area contributed by atoms with Gasteiger partial charge in [-0.05, 0) is 44.9 Å². The molecule has 1 aromatic carbocycles. The molecule has 1 aromatic rings. The van der Waals surface area contributed by atoms with E-state index in [1.807, 2.05) is 13.8 Å². The summed E-state index contributed by atoms with van der Waals surface area (Å²) in [5.74, 6) is 0.779. The smallest absolute Gasteiger partial charge is 0.357 e. The highest BCUT2D eigenvalue weighted by atomic mass is 127. The van der Waals surface area contributed by atoms with E-state index >= 15 is 0 Å². The third kappa shape index (κ3) is 9.53.